The van der Waals surface area contributed by atoms with Crippen molar-refractivity contribution in [2.75, 3.05) is 0 Å². The highest BCUT2D eigenvalue weighted by Crippen LogP contribution is 2.38. The Morgan fingerprint density at radius 3 is 2.00 bits per heavy atom. The molecule has 2 rings (SSSR count). The van der Waals surface area contributed by atoms with Gasteiger partial charge in [-0.2, -0.15) is 0 Å². The van der Waals surface area contributed by atoms with Crippen LogP contribution in [0.25, 0.3) is 5.57 Å². The highest BCUT2D eigenvalue weighted by atomic mass is 16.6. The predicted molar refractivity (Wildman–Crippen MR) is 107 cm³/mol. The largest absolute Gasteiger partial charge is 0.443 e. The molecule has 1 aliphatic rings. The standard InChI is InChI=1S/C22H31NO4/c1-14(2)15-9-11-17-16(13-15)10-12-18(17)23(19(24)26-21(3,4)5)20(25)27-22(6,7)8/h9,11,13,18H,1,10,12H2,2-8H3. The molecule has 0 aromatic heterocycles. The summed E-state index contributed by atoms with van der Waals surface area (Å²) >= 11 is 0. The number of rotatable bonds is 2. The Hall–Kier alpha value is -2.30. The molecule has 0 fully saturated rings. The molecule has 0 aliphatic heterocycles. The maximum atomic E-state index is 12.8. The lowest BCUT2D eigenvalue weighted by Crippen LogP contribution is -2.45. The number of allylic oxidation sites excluding steroid dienone is 1. The van der Waals surface area contributed by atoms with E-state index in [0.717, 1.165) is 33.6 Å². The first kappa shape index (κ1) is 21.0. The number of imide groups is 1. The number of hydrogen-bond donors (Lipinski definition) is 0. The Bertz CT molecular complexity index is 725. The molecule has 5 heteroatoms. The zero-order valence-electron chi connectivity index (χ0n) is 17.5. The fraction of sp³-hybridized carbons (Fsp3) is 0.545. The predicted octanol–water partition coefficient (Wildman–Crippen LogP) is 5.88. The van der Waals surface area contributed by atoms with Gasteiger partial charge in [-0.15, -0.1) is 0 Å². The molecule has 1 atom stereocenters. The number of hydrogen-bond acceptors (Lipinski definition) is 4. The van der Waals surface area contributed by atoms with Crippen LogP contribution < -0.4 is 0 Å². The summed E-state index contributed by atoms with van der Waals surface area (Å²) in [5.41, 5.74) is 2.72. The third-order valence-corrected chi connectivity index (χ3v) is 4.17. The smallest absolute Gasteiger partial charge is 0.420 e. The molecule has 27 heavy (non-hydrogen) atoms. The minimum Gasteiger partial charge on any atom is -0.443 e. The van der Waals surface area contributed by atoms with Crippen molar-refractivity contribution in [2.24, 2.45) is 0 Å². The molecule has 1 unspecified atom stereocenters. The summed E-state index contributed by atoms with van der Waals surface area (Å²) in [5.74, 6) is 0. The number of carbonyl (C=O) groups excluding carboxylic acids is 2. The monoisotopic (exact) mass is 373 g/mol. The van der Waals surface area contributed by atoms with E-state index in [9.17, 15) is 9.59 Å². The van der Waals surface area contributed by atoms with Crippen LogP contribution in [-0.4, -0.2) is 28.3 Å². The van der Waals surface area contributed by atoms with Crippen LogP contribution in [0.15, 0.2) is 24.8 Å². The van der Waals surface area contributed by atoms with Gasteiger partial charge in [0.05, 0.1) is 6.04 Å². The third kappa shape index (κ3) is 5.34. The maximum Gasteiger partial charge on any atom is 0.420 e. The van der Waals surface area contributed by atoms with Gasteiger partial charge in [-0.25, -0.2) is 14.5 Å². The first-order valence-electron chi connectivity index (χ1n) is 9.32. The molecule has 1 aromatic rings. The second-order valence-electron chi connectivity index (χ2n) is 9.08. The molecule has 1 aliphatic carbocycles. The van der Waals surface area contributed by atoms with Crippen LogP contribution in [0.5, 0.6) is 0 Å². The van der Waals surface area contributed by atoms with Gasteiger partial charge >= 0.3 is 12.2 Å². The SMILES string of the molecule is C=C(C)c1ccc2c(c1)CCC2N(C(=O)OC(C)(C)C)C(=O)OC(C)(C)C. The van der Waals surface area contributed by atoms with Crippen LogP contribution in [-0.2, 0) is 15.9 Å². The summed E-state index contributed by atoms with van der Waals surface area (Å²) in [5, 5.41) is 0. The Morgan fingerprint density at radius 1 is 1.04 bits per heavy atom. The molecule has 0 saturated carbocycles. The number of ether oxygens (including phenoxy) is 2. The maximum absolute atomic E-state index is 12.8. The molecule has 0 spiro atoms. The van der Waals surface area contributed by atoms with Crippen molar-refractivity contribution in [2.45, 2.75) is 78.6 Å². The third-order valence-electron chi connectivity index (χ3n) is 4.17. The minimum absolute atomic E-state index is 0.399. The van der Waals surface area contributed by atoms with Gasteiger partial charge in [0.2, 0.25) is 0 Å². The van der Waals surface area contributed by atoms with E-state index in [2.05, 4.69) is 12.6 Å². The number of fused-ring (bicyclic) bond motifs is 1. The zero-order valence-corrected chi connectivity index (χ0v) is 17.5. The van der Waals surface area contributed by atoms with Crippen molar-refractivity contribution < 1.29 is 19.1 Å². The van der Waals surface area contributed by atoms with Gasteiger partial charge in [0.1, 0.15) is 11.2 Å². The Balaban J connectivity index is 2.39. The molecule has 0 N–H and O–H groups in total. The topological polar surface area (TPSA) is 55.8 Å². The van der Waals surface area contributed by atoms with Crippen LogP contribution >= 0.6 is 0 Å². The molecule has 0 heterocycles. The first-order valence-corrected chi connectivity index (χ1v) is 9.32. The summed E-state index contributed by atoms with van der Waals surface area (Å²) in [6.07, 6.45) is 0.0635. The van der Waals surface area contributed by atoms with E-state index in [1.54, 1.807) is 41.5 Å². The zero-order chi connectivity index (χ0) is 20.6. The molecule has 0 radical (unpaired) electrons. The molecular formula is C22H31NO4. The lowest BCUT2D eigenvalue weighted by molar-refractivity contribution is -0.00752. The van der Waals surface area contributed by atoms with E-state index in [1.807, 2.05) is 19.1 Å². The first-order chi connectivity index (χ1) is 12.3. The van der Waals surface area contributed by atoms with Crippen LogP contribution in [0.2, 0.25) is 0 Å². The summed E-state index contributed by atoms with van der Waals surface area (Å²) in [7, 11) is 0. The summed E-state index contributed by atoms with van der Waals surface area (Å²) in [6, 6.07) is 5.63. The van der Waals surface area contributed by atoms with Crippen molar-refractivity contribution in [3.63, 3.8) is 0 Å². The van der Waals surface area contributed by atoms with Crippen LogP contribution in [0, 0.1) is 0 Å². The number of carbonyl (C=O) groups is 2. The number of nitrogens with zero attached hydrogens (tertiary/aromatic N) is 1. The van der Waals surface area contributed by atoms with Crippen LogP contribution in [0.1, 0.15) is 77.6 Å². The highest BCUT2D eigenvalue weighted by Gasteiger charge is 2.40. The lowest BCUT2D eigenvalue weighted by atomic mass is 10.0. The van der Waals surface area contributed by atoms with Gasteiger partial charge in [-0.3, -0.25) is 0 Å². The van der Waals surface area contributed by atoms with E-state index in [1.165, 1.54) is 0 Å². The van der Waals surface area contributed by atoms with Crippen molar-refractivity contribution >= 4 is 17.8 Å². The number of aryl methyl sites for hydroxylation is 1. The molecule has 5 nitrogen and oxygen atoms in total. The summed E-state index contributed by atoms with van der Waals surface area (Å²) in [4.78, 5) is 26.8. The number of amides is 2. The van der Waals surface area contributed by atoms with E-state index in [-0.39, 0.29) is 0 Å². The lowest BCUT2D eigenvalue weighted by Gasteiger charge is -2.32. The van der Waals surface area contributed by atoms with Crippen molar-refractivity contribution in [3.05, 3.63) is 41.5 Å². The molecule has 0 saturated heterocycles. The molecule has 148 valence electrons. The molecule has 1 aromatic carbocycles. The van der Waals surface area contributed by atoms with E-state index in [4.69, 9.17) is 9.47 Å². The normalized spacial score (nSPS) is 16.5. The minimum atomic E-state index is -0.706. The van der Waals surface area contributed by atoms with Crippen LogP contribution in [0.3, 0.4) is 0 Å². The van der Waals surface area contributed by atoms with Gasteiger partial charge in [0.25, 0.3) is 0 Å². The van der Waals surface area contributed by atoms with E-state index < -0.39 is 29.4 Å². The fourth-order valence-electron chi connectivity index (χ4n) is 3.08. The van der Waals surface area contributed by atoms with Gasteiger partial charge in [0, 0.05) is 0 Å². The van der Waals surface area contributed by atoms with Crippen LogP contribution in [0.4, 0.5) is 9.59 Å². The van der Waals surface area contributed by atoms with E-state index in [0.29, 0.717) is 6.42 Å². The summed E-state index contributed by atoms with van der Waals surface area (Å²) < 4.78 is 11.0. The van der Waals surface area contributed by atoms with E-state index >= 15 is 0 Å². The average molecular weight is 373 g/mol. The molecular weight excluding hydrogens is 342 g/mol. The van der Waals surface area contributed by atoms with Gasteiger partial charge in [0.15, 0.2) is 0 Å². The van der Waals surface area contributed by atoms with Gasteiger partial charge < -0.3 is 9.47 Å². The quantitative estimate of drug-likeness (QED) is 0.649. The Labute approximate surface area is 162 Å². The molecule has 2 amide bonds. The highest BCUT2D eigenvalue weighted by molar-refractivity contribution is 5.89. The summed E-state index contributed by atoms with van der Waals surface area (Å²) in [6.45, 7) is 16.6. The average Bonchev–Trinajstić information content (AvgIpc) is 2.86. The fourth-order valence-corrected chi connectivity index (χ4v) is 3.08. The van der Waals surface area contributed by atoms with Crippen molar-refractivity contribution in [1.82, 2.24) is 4.90 Å². The van der Waals surface area contributed by atoms with Gasteiger partial charge in [-0.05, 0) is 78.0 Å². The van der Waals surface area contributed by atoms with Crippen molar-refractivity contribution in [1.29, 1.82) is 0 Å². The Morgan fingerprint density at radius 2 is 1.56 bits per heavy atom. The Kier molecular flexibility index (Phi) is 5.74. The second kappa shape index (κ2) is 7.37. The number of benzene rings is 1. The van der Waals surface area contributed by atoms with Gasteiger partial charge in [-0.1, -0.05) is 30.4 Å². The second-order valence-corrected chi connectivity index (χ2v) is 9.08. The molecule has 0 bridgehead atoms. The van der Waals surface area contributed by atoms with Crippen molar-refractivity contribution in [3.8, 4) is 0 Å².